The Hall–Kier alpha value is -2.99. The monoisotopic (exact) mass is 514 g/mol. The van der Waals surface area contributed by atoms with Crippen LogP contribution in [-0.2, 0) is 10.0 Å². The number of nitrogens with zero attached hydrogens (tertiary/aromatic N) is 3. The standard InChI is InChI=1S/C29H30N4O3S/c30-15-18-5-7-22(8-6-18)37(35,36)32-29-12-19-9-20(13-29)28(21(10-19)14-29)27(34)11-25-23-3-1-2-4-24(23)26-16-31-17-33(25)26/h1-8,16-17,19-21,25,27-28,32,34H,9-14H2. The molecule has 37 heavy (non-hydrogen) atoms. The highest BCUT2D eigenvalue weighted by molar-refractivity contribution is 7.89. The van der Waals surface area contributed by atoms with Gasteiger partial charge in [-0.3, -0.25) is 0 Å². The lowest BCUT2D eigenvalue weighted by Crippen LogP contribution is -2.63. The second-order valence-corrected chi connectivity index (χ2v) is 13.3. The summed E-state index contributed by atoms with van der Waals surface area (Å²) in [7, 11) is -3.70. The van der Waals surface area contributed by atoms with E-state index in [0.717, 1.165) is 37.8 Å². The van der Waals surface area contributed by atoms with Crippen LogP contribution in [0.25, 0.3) is 11.3 Å². The molecule has 4 fully saturated rings. The van der Waals surface area contributed by atoms with E-state index in [1.165, 1.54) is 23.3 Å². The third-order valence-electron chi connectivity index (χ3n) is 9.50. The van der Waals surface area contributed by atoms with E-state index in [2.05, 4.69) is 32.5 Å². The minimum Gasteiger partial charge on any atom is -0.393 e. The van der Waals surface area contributed by atoms with Crippen molar-refractivity contribution in [3.8, 4) is 17.3 Å². The number of nitriles is 1. The molecule has 2 aromatic carbocycles. The van der Waals surface area contributed by atoms with Gasteiger partial charge in [0, 0.05) is 11.1 Å². The fraction of sp³-hybridized carbons (Fsp3) is 0.448. The first-order chi connectivity index (χ1) is 17.9. The van der Waals surface area contributed by atoms with Gasteiger partial charge in [0.2, 0.25) is 10.0 Å². The second-order valence-electron chi connectivity index (χ2n) is 11.7. The highest BCUT2D eigenvalue weighted by Crippen LogP contribution is 2.60. The van der Waals surface area contributed by atoms with Gasteiger partial charge in [-0.05, 0) is 92.0 Å². The van der Waals surface area contributed by atoms with Crippen molar-refractivity contribution < 1.29 is 13.5 Å². The Bertz CT molecular complexity index is 1490. The Kier molecular flexibility index (Phi) is 5.17. The number of hydrogen-bond donors (Lipinski definition) is 2. The van der Waals surface area contributed by atoms with E-state index in [9.17, 15) is 13.5 Å². The van der Waals surface area contributed by atoms with Crippen molar-refractivity contribution in [3.05, 3.63) is 72.2 Å². The molecule has 8 rings (SSSR count). The number of benzene rings is 2. The molecule has 0 amide bonds. The Morgan fingerprint density at radius 3 is 2.57 bits per heavy atom. The van der Waals surface area contributed by atoms with Crippen molar-refractivity contribution in [1.29, 1.82) is 5.26 Å². The van der Waals surface area contributed by atoms with E-state index in [1.807, 2.05) is 24.7 Å². The molecule has 4 atom stereocenters. The fourth-order valence-electron chi connectivity index (χ4n) is 8.43. The summed E-state index contributed by atoms with van der Waals surface area (Å²) < 4.78 is 31.9. The average Bonchev–Trinajstić information content (AvgIpc) is 3.45. The van der Waals surface area contributed by atoms with E-state index >= 15 is 0 Å². The number of nitrogens with one attached hydrogen (secondary N) is 1. The molecule has 1 aliphatic heterocycles. The predicted molar refractivity (Wildman–Crippen MR) is 138 cm³/mol. The molecule has 3 aromatic rings. The lowest BCUT2D eigenvalue weighted by Gasteiger charge is -2.61. The minimum absolute atomic E-state index is 0.0738. The second kappa shape index (κ2) is 8.26. The Balaban J connectivity index is 1.11. The number of rotatable bonds is 6. The van der Waals surface area contributed by atoms with Gasteiger partial charge in [0.05, 0.1) is 46.9 Å². The Labute approximate surface area is 217 Å². The smallest absolute Gasteiger partial charge is 0.241 e. The van der Waals surface area contributed by atoms with Crippen molar-refractivity contribution in [2.45, 2.75) is 61.1 Å². The zero-order chi connectivity index (χ0) is 25.4. The number of aromatic nitrogens is 2. The molecular formula is C29H30N4O3S. The maximum atomic E-state index is 13.3. The molecule has 8 heteroatoms. The fourth-order valence-corrected chi connectivity index (χ4v) is 9.86. The molecule has 2 heterocycles. The number of aliphatic hydroxyl groups excluding tert-OH is 1. The summed E-state index contributed by atoms with van der Waals surface area (Å²) in [6.45, 7) is 0. The normalized spacial score (nSPS) is 32.1. The number of imidazole rings is 1. The molecule has 7 nitrogen and oxygen atoms in total. The molecule has 0 saturated heterocycles. The Morgan fingerprint density at radius 2 is 1.84 bits per heavy atom. The number of sulfonamides is 1. The van der Waals surface area contributed by atoms with Gasteiger partial charge >= 0.3 is 0 Å². The van der Waals surface area contributed by atoms with Crippen LogP contribution in [0.5, 0.6) is 0 Å². The van der Waals surface area contributed by atoms with E-state index in [-0.39, 0.29) is 16.9 Å². The SMILES string of the molecule is N#Cc1ccc(S(=O)(=O)NC23CC4CC(C2)C(C(O)CC2c5ccccc5-c5cncn52)C(C4)C3)cc1. The van der Waals surface area contributed by atoms with Crippen LogP contribution in [0.3, 0.4) is 0 Å². The molecular weight excluding hydrogens is 484 g/mol. The van der Waals surface area contributed by atoms with E-state index < -0.39 is 21.7 Å². The number of hydrogen-bond acceptors (Lipinski definition) is 5. The van der Waals surface area contributed by atoms with Gasteiger partial charge in [-0.15, -0.1) is 0 Å². The van der Waals surface area contributed by atoms with Crippen LogP contribution in [0.2, 0.25) is 0 Å². The molecule has 2 N–H and O–H groups in total. The van der Waals surface area contributed by atoms with Crippen LogP contribution in [0.1, 0.15) is 55.7 Å². The molecule has 5 aliphatic rings. The quantitative estimate of drug-likeness (QED) is 0.511. The summed E-state index contributed by atoms with van der Waals surface area (Å²) in [5.41, 5.74) is 3.54. The molecule has 0 radical (unpaired) electrons. The summed E-state index contributed by atoms with van der Waals surface area (Å²) in [6, 6.07) is 16.6. The van der Waals surface area contributed by atoms with Crippen LogP contribution in [0.4, 0.5) is 0 Å². The van der Waals surface area contributed by atoms with Crippen molar-refractivity contribution >= 4 is 10.0 Å². The van der Waals surface area contributed by atoms with Crippen LogP contribution >= 0.6 is 0 Å². The van der Waals surface area contributed by atoms with Gasteiger partial charge in [-0.1, -0.05) is 24.3 Å². The maximum Gasteiger partial charge on any atom is 0.241 e. The van der Waals surface area contributed by atoms with Gasteiger partial charge in [0.1, 0.15) is 0 Å². The van der Waals surface area contributed by atoms with Crippen molar-refractivity contribution in [3.63, 3.8) is 0 Å². The van der Waals surface area contributed by atoms with Gasteiger partial charge in [0.25, 0.3) is 0 Å². The van der Waals surface area contributed by atoms with Crippen molar-refractivity contribution in [1.82, 2.24) is 14.3 Å². The summed E-state index contributed by atoms with van der Waals surface area (Å²) >= 11 is 0. The van der Waals surface area contributed by atoms with Gasteiger partial charge in [-0.2, -0.15) is 5.26 Å². The summed E-state index contributed by atoms with van der Waals surface area (Å²) in [4.78, 5) is 4.57. The zero-order valence-corrected chi connectivity index (χ0v) is 21.3. The maximum absolute atomic E-state index is 13.3. The van der Waals surface area contributed by atoms with Gasteiger partial charge in [-0.25, -0.2) is 18.1 Å². The predicted octanol–water partition coefficient (Wildman–Crippen LogP) is 4.25. The largest absolute Gasteiger partial charge is 0.393 e. The summed E-state index contributed by atoms with van der Waals surface area (Å²) in [5, 5.41) is 20.7. The van der Waals surface area contributed by atoms with Crippen LogP contribution in [0, 0.1) is 35.0 Å². The molecule has 4 bridgehead atoms. The van der Waals surface area contributed by atoms with Crippen molar-refractivity contribution in [2.24, 2.45) is 23.7 Å². The average molecular weight is 515 g/mol. The molecule has 4 aliphatic carbocycles. The van der Waals surface area contributed by atoms with Crippen LogP contribution in [-0.4, -0.2) is 34.7 Å². The molecule has 0 spiro atoms. The Morgan fingerprint density at radius 1 is 1.11 bits per heavy atom. The van der Waals surface area contributed by atoms with E-state index in [4.69, 9.17) is 5.26 Å². The van der Waals surface area contributed by atoms with E-state index in [0.29, 0.717) is 29.7 Å². The highest BCUT2D eigenvalue weighted by atomic mass is 32.2. The number of fused-ring (bicyclic) bond motifs is 3. The molecule has 190 valence electrons. The first-order valence-electron chi connectivity index (χ1n) is 13.2. The summed E-state index contributed by atoms with van der Waals surface area (Å²) in [5.74, 6) is 1.30. The zero-order valence-electron chi connectivity index (χ0n) is 20.5. The first-order valence-corrected chi connectivity index (χ1v) is 14.7. The third-order valence-corrected chi connectivity index (χ3v) is 11.1. The molecule has 4 saturated carbocycles. The third kappa shape index (κ3) is 3.67. The topological polar surface area (TPSA) is 108 Å². The summed E-state index contributed by atoms with van der Waals surface area (Å²) in [6.07, 6.45) is 8.51. The molecule has 1 aromatic heterocycles. The number of aliphatic hydroxyl groups is 1. The van der Waals surface area contributed by atoms with Gasteiger partial charge in [0.15, 0.2) is 0 Å². The lowest BCUT2D eigenvalue weighted by molar-refractivity contribution is -0.106. The van der Waals surface area contributed by atoms with Crippen LogP contribution in [0.15, 0.2) is 66.0 Å². The van der Waals surface area contributed by atoms with Crippen LogP contribution < -0.4 is 4.72 Å². The molecule has 4 unspecified atom stereocenters. The van der Waals surface area contributed by atoms with Gasteiger partial charge < -0.3 is 9.67 Å². The minimum atomic E-state index is -3.70. The highest BCUT2D eigenvalue weighted by Gasteiger charge is 2.58. The van der Waals surface area contributed by atoms with Crippen molar-refractivity contribution in [2.75, 3.05) is 0 Å². The van der Waals surface area contributed by atoms with E-state index in [1.54, 1.807) is 12.1 Å². The lowest BCUT2D eigenvalue weighted by atomic mass is 9.48. The first kappa shape index (κ1) is 23.2.